The number of halogens is 1. The van der Waals surface area contributed by atoms with Gasteiger partial charge >= 0.3 is 0 Å². The topological polar surface area (TPSA) is 68.3 Å². The molecule has 23 heavy (non-hydrogen) atoms. The number of nitrogens with two attached hydrogens (primary N) is 1. The summed E-state index contributed by atoms with van der Waals surface area (Å²) >= 11 is 3.52. The van der Waals surface area contributed by atoms with Crippen molar-refractivity contribution in [3.63, 3.8) is 0 Å². The summed E-state index contributed by atoms with van der Waals surface area (Å²) in [4.78, 5) is 12.3. The van der Waals surface area contributed by atoms with Gasteiger partial charge in [0.05, 0.1) is 11.4 Å². The van der Waals surface area contributed by atoms with Gasteiger partial charge in [0, 0.05) is 10.0 Å². The molecule has 3 rings (SSSR count). The van der Waals surface area contributed by atoms with Crippen LogP contribution in [0.2, 0.25) is 0 Å². The highest BCUT2D eigenvalue weighted by Gasteiger charge is 2.14. The second-order valence-corrected chi connectivity index (χ2v) is 6.04. The van der Waals surface area contributed by atoms with Gasteiger partial charge in [0.15, 0.2) is 5.76 Å². The average molecular weight is 371 g/mol. The molecule has 4 nitrogen and oxygen atoms in total. The molecule has 3 aromatic rings. The van der Waals surface area contributed by atoms with E-state index in [2.05, 4.69) is 21.2 Å². The minimum absolute atomic E-state index is 0.232. The van der Waals surface area contributed by atoms with Crippen molar-refractivity contribution < 1.29 is 9.21 Å². The quantitative estimate of drug-likeness (QED) is 0.647. The summed E-state index contributed by atoms with van der Waals surface area (Å²) in [5, 5.41) is 2.75. The SMILES string of the molecule is Cc1ccc(-c2ccc(C(=O)Nc3ccccc3N)o2)c(Br)c1. The molecule has 0 fully saturated rings. The summed E-state index contributed by atoms with van der Waals surface area (Å²) in [7, 11) is 0. The van der Waals surface area contributed by atoms with Crippen molar-refractivity contribution in [2.45, 2.75) is 6.92 Å². The number of anilines is 2. The molecule has 5 heteroatoms. The van der Waals surface area contributed by atoms with E-state index < -0.39 is 0 Å². The van der Waals surface area contributed by atoms with E-state index in [0.717, 1.165) is 15.6 Å². The molecule has 0 spiro atoms. The molecule has 0 aliphatic carbocycles. The fraction of sp³-hybridized carbons (Fsp3) is 0.0556. The van der Waals surface area contributed by atoms with Crippen molar-refractivity contribution in [3.8, 4) is 11.3 Å². The van der Waals surface area contributed by atoms with Gasteiger partial charge in [-0.2, -0.15) is 0 Å². The molecule has 0 saturated heterocycles. The van der Waals surface area contributed by atoms with Gasteiger partial charge in [-0.1, -0.05) is 34.1 Å². The fourth-order valence-corrected chi connectivity index (χ4v) is 2.91. The van der Waals surface area contributed by atoms with E-state index in [1.807, 2.05) is 37.3 Å². The number of hydrogen-bond donors (Lipinski definition) is 2. The van der Waals surface area contributed by atoms with Crippen molar-refractivity contribution in [3.05, 3.63) is 70.4 Å². The number of hydrogen-bond acceptors (Lipinski definition) is 3. The van der Waals surface area contributed by atoms with Crippen LogP contribution in [0.1, 0.15) is 16.1 Å². The van der Waals surface area contributed by atoms with Gasteiger partial charge in [0.1, 0.15) is 5.76 Å². The predicted octanol–water partition coefficient (Wildman–Crippen LogP) is 4.85. The third-order valence-corrected chi connectivity index (χ3v) is 4.08. The molecule has 0 aliphatic rings. The minimum atomic E-state index is -0.336. The molecule has 1 amide bonds. The molecule has 0 radical (unpaired) electrons. The zero-order valence-corrected chi connectivity index (χ0v) is 14.1. The number of amides is 1. The molecule has 0 bridgehead atoms. The molecule has 0 unspecified atom stereocenters. The third-order valence-electron chi connectivity index (χ3n) is 3.43. The van der Waals surface area contributed by atoms with Gasteiger partial charge in [-0.05, 0) is 48.9 Å². The lowest BCUT2D eigenvalue weighted by atomic mass is 10.1. The number of nitrogens with one attached hydrogen (secondary N) is 1. The van der Waals surface area contributed by atoms with Crippen LogP contribution in [0.15, 0.2) is 63.5 Å². The van der Waals surface area contributed by atoms with Crippen LogP contribution in [-0.2, 0) is 0 Å². The first-order valence-corrected chi connectivity index (χ1v) is 7.86. The molecular formula is C18H15BrN2O2. The largest absolute Gasteiger partial charge is 0.451 e. The number of para-hydroxylation sites is 2. The van der Waals surface area contributed by atoms with Crippen LogP contribution in [0.3, 0.4) is 0 Å². The number of carbonyl (C=O) groups is 1. The maximum atomic E-state index is 12.3. The van der Waals surface area contributed by atoms with Crippen LogP contribution in [0.25, 0.3) is 11.3 Å². The van der Waals surface area contributed by atoms with Crippen molar-refractivity contribution in [2.24, 2.45) is 0 Å². The zero-order valence-electron chi connectivity index (χ0n) is 12.5. The van der Waals surface area contributed by atoms with Gasteiger partial charge in [-0.25, -0.2) is 0 Å². The number of carbonyl (C=O) groups excluding carboxylic acids is 1. The smallest absolute Gasteiger partial charge is 0.291 e. The Hall–Kier alpha value is -2.53. The van der Waals surface area contributed by atoms with E-state index >= 15 is 0 Å². The second-order valence-electron chi connectivity index (χ2n) is 5.19. The second kappa shape index (κ2) is 6.30. The molecule has 1 heterocycles. The van der Waals surface area contributed by atoms with Gasteiger partial charge in [0.25, 0.3) is 5.91 Å². The number of furan rings is 1. The first-order chi connectivity index (χ1) is 11.0. The standard InChI is InChI=1S/C18H15BrN2O2/c1-11-6-7-12(13(19)10-11)16-8-9-17(23-16)18(22)21-15-5-3-2-4-14(15)20/h2-10H,20H2,1H3,(H,21,22). The number of aryl methyl sites for hydroxylation is 1. The van der Waals surface area contributed by atoms with Gasteiger partial charge < -0.3 is 15.5 Å². The van der Waals surface area contributed by atoms with Crippen molar-refractivity contribution >= 4 is 33.2 Å². The van der Waals surface area contributed by atoms with E-state index in [9.17, 15) is 4.79 Å². The lowest BCUT2D eigenvalue weighted by Crippen LogP contribution is -2.12. The first-order valence-electron chi connectivity index (χ1n) is 7.07. The van der Waals surface area contributed by atoms with Crippen LogP contribution >= 0.6 is 15.9 Å². The minimum Gasteiger partial charge on any atom is -0.451 e. The van der Waals surface area contributed by atoms with E-state index in [1.54, 1.807) is 24.3 Å². The lowest BCUT2D eigenvalue weighted by Gasteiger charge is -2.06. The summed E-state index contributed by atoms with van der Waals surface area (Å²) in [5.74, 6) is 0.524. The molecule has 0 saturated carbocycles. The molecule has 1 aromatic heterocycles. The maximum absolute atomic E-state index is 12.3. The third kappa shape index (κ3) is 3.29. The van der Waals surface area contributed by atoms with E-state index in [4.69, 9.17) is 10.2 Å². The highest BCUT2D eigenvalue weighted by Crippen LogP contribution is 2.30. The normalized spacial score (nSPS) is 10.5. The lowest BCUT2D eigenvalue weighted by molar-refractivity contribution is 0.0997. The fourth-order valence-electron chi connectivity index (χ4n) is 2.22. The predicted molar refractivity (Wildman–Crippen MR) is 95.4 cm³/mol. The Bertz CT molecular complexity index is 871. The van der Waals surface area contributed by atoms with E-state index in [0.29, 0.717) is 17.1 Å². The zero-order chi connectivity index (χ0) is 16.4. The molecule has 3 N–H and O–H groups in total. The summed E-state index contributed by atoms with van der Waals surface area (Å²) in [5.41, 5.74) is 8.94. The summed E-state index contributed by atoms with van der Waals surface area (Å²) in [6, 6.07) is 16.5. The molecule has 116 valence electrons. The summed E-state index contributed by atoms with van der Waals surface area (Å²) < 4.78 is 6.60. The van der Waals surface area contributed by atoms with Gasteiger partial charge in [0.2, 0.25) is 0 Å². The van der Waals surface area contributed by atoms with Crippen LogP contribution in [0.5, 0.6) is 0 Å². The number of rotatable bonds is 3. The Balaban J connectivity index is 1.84. The molecule has 0 atom stereocenters. The molecule has 2 aromatic carbocycles. The highest BCUT2D eigenvalue weighted by molar-refractivity contribution is 9.10. The van der Waals surface area contributed by atoms with E-state index in [1.165, 1.54) is 0 Å². The number of nitrogen functional groups attached to an aromatic ring is 1. The van der Waals surface area contributed by atoms with Crippen LogP contribution in [-0.4, -0.2) is 5.91 Å². The van der Waals surface area contributed by atoms with Crippen LogP contribution < -0.4 is 11.1 Å². The Morgan fingerprint density at radius 3 is 2.65 bits per heavy atom. The Morgan fingerprint density at radius 2 is 1.91 bits per heavy atom. The summed E-state index contributed by atoms with van der Waals surface area (Å²) in [6.45, 7) is 2.01. The van der Waals surface area contributed by atoms with Crippen LogP contribution in [0.4, 0.5) is 11.4 Å². The monoisotopic (exact) mass is 370 g/mol. The Labute approximate surface area is 142 Å². The first kappa shape index (κ1) is 15.4. The van der Waals surface area contributed by atoms with Gasteiger partial charge in [-0.15, -0.1) is 0 Å². The molecule has 0 aliphatic heterocycles. The molecular weight excluding hydrogens is 356 g/mol. The number of benzene rings is 2. The van der Waals surface area contributed by atoms with E-state index in [-0.39, 0.29) is 11.7 Å². The highest BCUT2D eigenvalue weighted by atomic mass is 79.9. The van der Waals surface area contributed by atoms with Gasteiger partial charge in [-0.3, -0.25) is 4.79 Å². The van der Waals surface area contributed by atoms with Crippen molar-refractivity contribution in [1.29, 1.82) is 0 Å². The summed E-state index contributed by atoms with van der Waals surface area (Å²) in [6.07, 6.45) is 0. The maximum Gasteiger partial charge on any atom is 0.291 e. The van der Waals surface area contributed by atoms with Crippen molar-refractivity contribution in [1.82, 2.24) is 0 Å². The van der Waals surface area contributed by atoms with Crippen molar-refractivity contribution in [2.75, 3.05) is 11.1 Å². The average Bonchev–Trinajstić information content (AvgIpc) is 2.99. The Morgan fingerprint density at radius 1 is 1.13 bits per heavy atom. The Kier molecular flexibility index (Phi) is 4.21. The van der Waals surface area contributed by atoms with Crippen LogP contribution in [0, 0.1) is 6.92 Å².